The van der Waals surface area contributed by atoms with Crippen molar-refractivity contribution in [2.24, 2.45) is 16.9 Å². The van der Waals surface area contributed by atoms with Crippen LogP contribution in [-0.4, -0.2) is 6.72 Å². The molecule has 2 unspecified atom stereocenters. The van der Waals surface area contributed by atoms with Gasteiger partial charge in [0.05, 0.1) is 0 Å². The Morgan fingerprint density at radius 3 is 2.67 bits per heavy atom. The third kappa shape index (κ3) is 1.87. The van der Waals surface area contributed by atoms with Gasteiger partial charge in [0.1, 0.15) is 0 Å². The predicted molar refractivity (Wildman–Crippen MR) is 52.9 cm³/mol. The van der Waals surface area contributed by atoms with E-state index in [1.54, 1.807) is 0 Å². The van der Waals surface area contributed by atoms with Gasteiger partial charge in [0.25, 0.3) is 0 Å². The Kier molecular flexibility index (Phi) is 2.90. The molecule has 2 heteroatoms. The van der Waals surface area contributed by atoms with E-state index < -0.39 is 0 Å². The molecule has 0 amide bonds. The van der Waals surface area contributed by atoms with Crippen molar-refractivity contribution in [1.82, 2.24) is 5.43 Å². The summed E-state index contributed by atoms with van der Waals surface area (Å²) in [6, 6.07) is 0. The Balaban J connectivity index is 2.77. The van der Waals surface area contributed by atoms with Gasteiger partial charge in [-0.05, 0) is 31.6 Å². The lowest BCUT2D eigenvalue weighted by atomic mass is 9.82. The summed E-state index contributed by atoms with van der Waals surface area (Å²) in [5.74, 6) is 1.43. The summed E-state index contributed by atoms with van der Waals surface area (Å²) in [7, 11) is 0. The molecule has 0 radical (unpaired) electrons. The number of nitrogens with one attached hydrogen (secondary N) is 1. The summed E-state index contributed by atoms with van der Waals surface area (Å²) in [4.78, 5) is 0. The maximum atomic E-state index is 3.73. The van der Waals surface area contributed by atoms with Gasteiger partial charge >= 0.3 is 0 Å². The molecule has 0 heterocycles. The zero-order chi connectivity index (χ0) is 9.14. The van der Waals surface area contributed by atoms with Crippen LogP contribution in [0.1, 0.15) is 33.6 Å². The van der Waals surface area contributed by atoms with Crippen molar-refractivity contribution in [3.05, 3.63) is 11.3 Å². The Hall–Kier alpha value is -0.790. The Bertz CT molecular complexity index is 206. The van der Waals surface area contributed by atoms with Crippen LogP contribution in [-0.2, 0) is 0 Å². The number of hydrogen-bond donors (Lipinski definition) is 1. The molecule has 0 spiro atoms. The van der Waals surface area contributed by atoms with Gasteiger partial charge in [-0.3, -0.25) is 5.43 Å². The van der Waals surface area contributed by atoms with E-state index in [0.717, 1.165) is 5.92 Å². The first-order valence-corrected chi connectivity index (χ1v) is 4.56. The fourth-order valence-electron chi connectivity index (χ4n) is 2.15. The highest BCUT2D eigenvalue weighted by molar-refractivity contribution is 5.25. The molecule has 12 heavy (non-hydrogen) atoms. The lowest BCUT2D eigenvalue weighted by Crippen LogP contribution is -2.22. The molecule has 1 N–H and O–H groups in total. The summed E-state index contributed by atoms with van der Waals surface area (Å²) in [5, 5.41) is 3.73. The maximum Gasteiger partial charge on any atom is 0.0353 e. The number of nitrogens with zero attached hydrogens (tertiary/aromatic N) is 1. The van der Waals surface area contributed by atoms with Crippen molar-refractivity contribution < 1.29 is 0 Å². The van der Waals surface area contributed by atoms with Gasteiger partial charge in [-0.25, -0.2) is 0 Å². The minimum Gasteiger partial charge on any atom is -0.283 e. The summed E-state index contributed by atoms with van der Waals surface area (Å²) < 4.78 is 0. The molecule has 1 rings (SSSR count). The third-order valence-corrected chi connectivity index (χ3v) is 2.56. The standard InChI is InChI=1S/C10H18N2/c1-7-5-8(2)10(12-11-4)9(3)6-7/h7-8,12H,4-6H2,1-3H3. The minimum absolute atomic E-state index is 0.610. The molecule has 0 aromatic carbocycles. The molecule has 0 bridgehead atoms. The fraction of sp³-hybridized carbons (Fsp3) is 0.700. The van der Waals surface area contributed by atoms with Gasteiger partial charge in [0.2, 0.25) is 0 Å². The van der Waals surface area contributed by atoms with Crippen LogP contribution >= 0.6 is 0 Å². The lowest BCUT2D eigenvalue weighted by molar-refractivity contribution is 0.398. The Morgan fingerprint density at radius 1 is 1.50 bits per heavy atom. The highest BCUT2D eigenvalue weighted by Crippen LogP contribution is 2.31. The van der Waals surface area contributed by atoms with Crippen molar-refractivity contribution in [2.45, 2.75) is 33.6 Å². The van der Waals surface area contributed by atoms with E-state index in [1.807, 2.05) is 0 Å². The second-order valence-electron chi connectivity index (χ2n) is 3.91. The number of rotatable bonds is 2. The highest BCUT2D eigenvalue weighted by Gasteiger charge is 2.21. The van der Waals surface area contributed by atoms with Crippen LogP contribution in [0.15, 0.2) is 16.4 Å². The topological polar surface area (TPSA) is 24.4 Å². The molecule has 0 aromatic heterocycles. The molecule has 0 aromatic rings. The first-order valence-electron chi connectivity index (χ1n) is 4.56. The van der Waals surface area contributed by atoms with Crippen molar-refractivity contribution >= 4 is 6.72 Å². The van der Waals surface area contributed by atoms with Crippen LogP contribution in [0.4, 0.5) is 0 Å². The van der Waals surface area contributed by atoms with E-state index in [2.05, 4.69) is 38.0 Å². The van der Waals surface area contributed by atoms with E-state index in [9.17, 15) is 0 Å². The van der Waals surface area contributed by atoms with E-state index in [0.29, 0.717) is 5.92 Å². The average molecular weight is 166 g/mol. The fourth-order valence-corrected chi connectivity index (χ4v) is 2.15. The average Bonchev–Trinajstić information content (AvgIpc) is 1.96. The summed E-state index contributed by atoms with van der Waals surface area (Å²) in [6.07, 6.45) is 2.46. The van der Waals surface area contributed by atoms with E-state index >= 15 is 0 Å². The van der Waals surface area contributed by atoms with E-state index in [1.165, 1.54) is 24.1 Å². The molecule has 0 aliphatic heterocycles. The highest BCUT2D eigenvalue weighted by atomic mass is 15.3. The summed E-state index contributed by atoms with van der Waals surface area (Å²) in [6.45, 7) is 10.2. The third-order valence-electron chi connectivity index (χ3n) is 2.56. The molecule has 0 fully saturated rings. The Morgan fingerprint density at radius 2 is 2.17 bits per heavy atom. The first kappa shape index (κ1) is 9.30. The van der Waals surface area contributed by atoms with Gasteiger partial charge in [-0.2, -0.15) is 5.10 Å². The van der Waals surface area contributed by atoms with Crippen LogP contribution in [0.3, 0.4) is 0 Å². The van der Waals surface area contributed by atoms with Gasteiger partial charge in [-0.1, -0.05) is 19.4 Å². The summed E-state index contributed by atoms with van der Waals surface area (Å²) >= 11 is 0. The lowest BCUT2D eigenvalue weighted by Gasteiger charge is -2.28. The number of hydrazone groups is 1. The van der Waals surface area contributed by atoms with E-state index in [-0.39, 0.29) is 0 Å². The van der Waals surface area contributed by atoms with Gasteiger partial charge in [-0.15, -0.1) is 0 Å². The van der Waals surface area contributed by atoms with Crippen molar-refractivity contribution in [3.63, 3.8) is 0 Å². The zero-order valence-corrected chi connectivity index (χ0v) is 8.22. The zero-order valence-electron chi connectivity index (χ0n) is 8.22. The number of allylic oxidation sites excluding steroid dienone is 2. The van der Waals surface area contributed by atoms with Crippen LogP contribution in [0.5, 0.6) is 0 Å². The first-order chi connectivity index (χ1) is 5.65. The largest absolute Gasteiger partial charge is 0.283 e. The smallest absolute Gasteiger partial charge is 0.0353 e. The van der Waals surface area contributed by atoms with Crippen molar-refractivity contribution in [1.29, 1.82) is 0 Å². The Labute approximate surface area is 74.7 Å². The quantitative estimate of drug-likeness (QED) is 0.495. The van der Waals surface area contributed by atoms with Crippen LogP contribution in [0, 0.1) is 11.8 Å². The van der Waals surface area contributed by atoms with Crippen LogP contribution < -0.4 is 5.43 Å². The van der Waals surface area contributed by atoms with Gasteiger partial charge in [0, 0.05) is 12.4 Å². The SMILES string of the molecule is C=NNC1=C(C)CC(C)CC1C. The maximum absolute atomic E-state index is 3.73. The van der Waals surface area contributed by atoms with E-state index in [4.69, 9.17) is 0 Å². The molecule has 68 valence electrons. The minimum atomic E-state index is 0.610. The van der Waals surface area contributed by atoms with Crippen LogP contribution in [0.25, 0.3) is 0 Å². The molecule has 0 saturated heterocycles. The summed E-state index contributed by atoms with van der Waals surface area (Å²) in [5.41, 5.74) is 5.72. The second kappa shape index (κ2) is 3.74. The molecule has 2 nitrogen and oxygen atoms in total. The molecular weight excluding hydrogens is 148 g/mol. The van der Waals surface area contributed by atoms with Crippen molar-refractivity contribution in [3.8, 4) is 0 Å². The predicted octanol–water partition coefficient (Wildman–Crippen LogP) is 2.53. The van der Waals surface area contributed by atoms with Gasteiger partial charge in [0.15, 0.2) is 0 Å². The normalized spacial score (nSPS) is 30.2. The molecule has 0 saturated carbocycles. The van der Waals surface area contributed by atoms with Crippen LogP contribution in [0.2, 0.25) is 0 Å². The molecule has 1 aliphatic carbocycles. The second-order valence-corrected chi connectivity index (χ2v) is 3.91. The molecule has 1 aliphatic rings. The van der Waals surface area contributed by atoms with Crippen molar-refractivity contribution in [2.75, 3.05) is 0 Å². The molecular formula is C10H18N2. The molecule has 2 atom stereocenters. The monoisotopic (exact) mass is 166 g/mol. The number of hydrogen-bond acceptors (Lipinski definition) is 2. The van der Waals surface area contributed by atoms with Gasteiger partial charge < -0.3 is 0 Å².